The van der Waals surface area contributed by atoms with Crippen molar-refractivity contribution in [2.45, 2.75) is 12.3 Å². The molecule has 0 saturated carbocycles. The van der Waals surface area contributed by atoms with Gasteiger partial charge in [-0.3, -0.25) is 4.57 Å². The zero-order valence-corrected chi connectivity index (χ0v) is 26.7. The highest BCUT2D eigenvalue weighted by Crippen LogP contribution is 2.54. The first-order valence-corrected chi connectivity index (χ1v) is 17.3. The van der Waals surface area contributed by atoms with Crippen LogP contribution in [0.2, 0.25) is 0 Å². The van der Waals surface area contributed by atoms with E-state index in [4.69, 9.17) is 4.99 Å². The number of thiophene rings is 1. The van der Waals surface area contributed by atoms with Gasteiger partial charge >= 0.3 is 0 Å². The van der Waals surface area contributed by atoms with Gasteiger partial charge in [-0.1, -0.05) is 146 Å². The SMILES string of the molecule is c1ccc(C2N=C(n3c4ccccc4c4ccc(-c5cccc6c5sc5c7ccccc7ccc65)cc43)N3C(c4ccccc4)N23)cc1. The topological polar surface area (TPSA) is 23.3 Å². The van der Waals surface area contributed by atoms with Crippen molar-refractivity contribution in [1.82, 2.24) is 14.6 Å². The lowest BCUT2D eigenvalue weighted by Crippen LogP contribution is -2.20. The van der Waals surface area contributed by atoms with Gasteiger partial charge in [-0.25, -0.2) is 10.0 Å². The van der Waals surface area contributed by atoms with Crippen LogP contribution in [0.25, 0.3) is 63.9 Å². The van der Waals surface area contributed by atoms with Gasteiger partial charge in [0.2, 0.25) is 5.96 Å². The Morgan fingerprint density at radius 3 is 2.02 bits per heavy atom. The van der Waals surface area contributed by atoms with Crippen molar-refractivity contribution in [2.75, 3.05) is 0 Å². The predicted molar refractivity (Wildman–Crippen MR) is 200 cm³/mol. The molecule has 0 spiro atoms. The van der Waals surface area contributed by atoms with Crippen molar-refractivity contribution in [1.29, 1.82) is 0 Å². The number of fused-ring (bicyclic) bond motifs is 9. The number of aromatic nitrogens is 1. The Bertz CT molecular complexity index is 2760. The molecule has 48 heavy (non-hydrogen) atoms. The average molecular weight is 633 g/mol. The molecule has 11 rings (SSSR count). The highest BCUT2D eigenvalue weighted by Gasteiger charge is 2.58. The van der Waals surface area contributed by atoms with E-state index in [0.29, 0.717) is 0 Å². The number of para-hydroxylation sites is 1. The maximum atomic E-state index is 5.45. The first kappa shape index (κ1) is 26.3. The van der Waals surface area contributed by atoms with E-state index < -0.39 is 0 Å². The van der Waals surface area contributed by atoms with E-state index >= 15 is 0 Å². The zero-order chi connectivity index (χ0) is 31.3. The highest BCUT2D eigenvalue weighted by molar-refractivity contribution is 7.27. The van der Waals surface area contributed by atoms with E-state index in [-0.39, 0.29) is 12.3 Å². The van der Waals surface area contributed by atoms with Crippen LogP contribution in [0.3, 0.4) is 0 Å². The van der Waals surface area contributed by atoms with E-state index in [0.717, 1.165) is 5.96 Å². The molecule has 0 bridgehead atoms. The molecular weight excluding hydrogens is 605 g/mol. The molecule has 1 fully saturated rings. The van der Waals surface area contributed by atoms with Crippen LogP contribution in [0, 0.1) is 0 Å². The molecule has 5 heteroatoms. The van der Waals surface area contributed by atoms with Crippen molar-refractivity contribution >= 4 is 70.0 Å². The first-order valence-electron chi connectivity index (χ1n) is 16.5. The van der Waals surface area contributed by atoms with Gasteiger partial charge in [0, 0.05) is 30.9 Å². The summed E-state index contributed by atoms with van der Waals surface area (Å²) in [5.41, 5.74) is 7.29. The number of hydrogen-bond donors (Lipinski definition) is 0. The van der Waals surface area contributed by atoms with Gasteiger partial charge in [0.25, 0.3) is 0 Å². The minimum Gasteiger partial charge on any atom is -0.279 e. The molecule has 2 aromatic heterocycles. The lowest BCUT2D eigenvalue weighted by molar-refractivity contribution is 0.340. The van der Waals surface area contributed by atoms with Gasteiger partial charge in [-0.15, -0.1) is 11.3 Å². The van der Waals surface area contributed by atoms with Crippen molar-refractivity contribution in [3.63, 3.8) is 0 Å². The summed E-state index contributed by atoms with van der Waals surface area (Å²) in [7, 11) is 0. The second-order valence-corrected chi connectivity index (χ2v) is 13.8. The van der Waals surface area contributed by atoms with Gasteiger partial charge in [0.05, 0.1) is 11.0 Å². The predicted octanol–water partition coefficient (Wildman–Crippen LogP) is 11.1. The highest BCUT2D eigenvalue weighted by atomic mass is 32.1. The summed E-state index contributed by atoms with van der Waals surface area (Å²) in [6.45, 7) is 0. The Morgan fingerprint density at radius 2 is 1.17 bits per heavy atom. The van der Waals surface area contributed by atoms with Crippen LogP contribution >= 0.6 is 11.3 Å². The summed E-state index contributed by atoms with van der Waals surface area (Å²) in [6, 6.07) is 57.3. The molecule has 3 unspecified atom stereocenters. The molecular formula is C43H28N4S. The number of hydrazine groups is 1. The summed E-state index contributed by atoms with van der Waals surface area (Å²) in [5.74, 6) is 0.965. The van der Waals surface area contributed by atoms with E-state index in [9.17, 15) is 0 Å². The first-order chi connectivity index (χ1) is 23.8. The van der Waals surface area contributed by atoms with Gasteiger partial charge < -0.3 is 0 Å². The van der Waals surface area contributed by atoms with E-state index in [2.05, 4.69) is 172 Å². The quantitative estimate of drug-likeness (QED) is 0.181. The lowest BCUT2D eigenvalue weighted by Gasteiger charge is -2.13. The van der Waals surface area contributed by atoms with Crippen molar-refractivity contribution in [3.8, 4) is 11.1 Å². The fraction of sp³-hybridized carbons (Fsp3) is 0.0465. The third kappa shape index (κ3) is 3.66. The van der Waals surface area contributed by atoms with Gasteiger partial charge in [0.15, 0.2) is 6.17 Å². The Hall–Kier alpha value is -5.75. The van der Waals surface area contributed by atoms with Gasteiger partial charge in [-0.05, 0) is 45.2 Å². The van der Waals surface area contributed by atoms with Crippen LogP contribution in [0.5, 0.6) is 0 Å². The average Bonchev–Trinajstić information content (AvgIpc) is 3.40. The van der Waals surface area contributed by atoms with Gasteiger partial charge in [0.1, 0.15) is 6.17 Å². The standard InChI is InChI=1S/C43H28N4S/c1-3-13-28(14-4-1)41-44-43(47-42(46(41)47)29-15-5-2-6-16-29)45-37-21-10-9-18-33(37)34-24-23-30(26-38(34)45)32-19-11-20-35-36-25-22-27-12-7-8-17-31(27)39(36)48-40(32)35/h1-26,41-42H. The molecule has 1 saturated heterocycles. The number of hydrogen-bond acceptors (Lipinski definition) is 4. The summed E-state index contributed by atoms with van der Waals surface area (Å²) >= 11 is 1.91. The fourth-order valence-electron chi connectivity index (χ4n) is 7.92. The van der Waals surface area contributed by atoms with Crippen LogP contribution in [0.15, 0.2) is 163 Å². The molecule has 0 radical (unpaired) electrons. The number of aliphatic imine (C=N–C) groups is 1. The molecule has 0 N–H and O–H groups in total. The minimum atomic E-state index is -0.0899. The Balaban J connectivity index is 1.14. The van der Waals surface area contributed by atoms with Crippen LogP contribution < -0.4 is 0 Å². The molecule has 0 amide bonds. The molecule has 226 valence electrons. The number of benzene rings is 7. The zero-order valence-electron chi connectivity index (χ0n) is 25.9. The van der Waals surface area contributed by atoms with Crippen molar-refractivity contribution < 1.29 is 0 Å². The van der Waals surface area contributed by atoms with Crippen LogP contribution in [0.1, 0.15) is 23.5 Å². The minimum absolute atomic E-state index is 0.0899. The summed E-state index contributed by atoms with van der Waals surface area (Å²) in [5, 5.41) is 12.5. The third-order valence-electron chi connectivity index (χ3n) is 10.1. The summed E-state index contributed by atoms with van der Waals surface area (Å²) in [6.07, 6.45) is 0.0401. The maximum Gasteiger partial charge on any atom is 0.224 e. The lowest BCUT2D eigenvalue weighted by atomic mass is 10.0. The molecule has 2 aliphatic rings. The monoisotopic (exact) mass is 632 g/mol. The van der Waals surface area contributed by atoms with Crippen molar-refractivity contribution in [2.24, 2.45) is 4.99 Å². The Labute approximate surface area is 281 Å². The Morgan fingerprint density at radius 1 is 0.500 bits per heavy atom. The summed E-state index contributed by atoms with van der Waals surface area (Å²) < 4.78 is 5.08. The van der Waals surface area contributed by atoms with Crippen LogP contribution in [0.4, 0.5) is 0 Å². The Kier molecular flexibility index (Phi) is 5.42. The van der Waals surface area contributed by atoms with E-state index in [1.54, 1.807) is 0 Å². The summed E-state index contributed by atoms with van der Waals surface area (Å²) in [4.78, 5) is 5.45. The normalized spacial score (nSPS) is 18.7. The van der Waals surface area contributed by atoms with Crippen LogP contribution in [-0.4, -0.2) is 20.5 Å². The largest absolute Gasteiger partial charge is 0.279 e. The van der Waals surface area contributed by atoms with E-state index in [1.807, 2.05) is 11.3 Å². The second kappa shape index (κ2) is 9.88. The molecule has 9 aromatic rings. The molecule has 0 aliphatic carbocycles. The maximum absolute atomic E-state index is 5.45. The number of rotatable bonds is 3. The third-order valence-corrected chi connectivity index (χ3v) is 11.4. The molecule has 4 heterocycles. The van der Waals surface area contributed by atoms with Crippen LogP contribution in [-0.2, 0) is 0 Å². The van der Waals surface area contributed by atoms with Gasteiger partial charge in [-0.2, -0.15) is 5.01 Å². The smallest absolute Gasteiger partial charge is 0.224 e. The second-order valence-electron chi connectivity index (χ2n) is 12.8. The molecule has 2 aliphatic heterocycles. The molecule has 7 aromatic carbocycles. The number of nitrogens with zero attached hydrogens (tertiary/aromatic N) is 4. The molecule has 4 nitrogen and oxygen atoms in total. The van der Waals surface area contributed by atoms with E-state index in [1.165, 1.54) is 75.0 Å². The fourth-order valence-corrected chi connectivity index (χ4v) is 9.29. The molecule has 3 atom stereocenters. The van der Waals surface area contributed by atoms with Crippen molar-refractivity contribution in [3.05, 3.63) is 169 Å².